The smallest absolute Gasteiger partial charge is 0.340 e. The van der Waals surface area contributed by atoms with Gasteiger partial charge in [-0.15, -0.1) is 0 Å². The van der Waals surface area contributed by atoms with Gasteiger partial charge in [0, 0.05) is 6.07 Å². The summed E-state index contributed by atoms with van der Waals surface area (Å²) >= 11 is 0. The molecule has 7 nitrogen and oxygen atoms in total. The van der Waals surface area contributed by atoms with Crippen LogP contribution in [0.15, 0.2) is 41.1 Å². The molecular weight excluding hydrogens is 262 g/mol. The Bertz CT molecular complexity index is 595. The molecule has 0 atom stereocenters. The molecule has 20 heavy (non-hydrogen) atoms. The quantitative estimate of drug-likeness (QED) is 0.836. The summed E-state index contributed by atoms with van der Waals surface area (Å²) in [6.07, 6.45) is 1.34. The lowest BCUT2D eigenvalue weighted by atomic mass is 10.2. The van der Waals surface area contributed by atoms with Gasteiger partial charge in [0.2, 0.25) is 0 Å². The highest BCUT2D eigenvalue weighted by molar-refractivity contribution is 6.04. The van der Waals surface area contributed by atoms with Gasteiger partial charge in [-0.25, -0.2) is 9.59 Å². The predicted molar refractivity (Wildman–Crippen MR) is 71.5 cm³/mol. The molecule has 0 aliphatic carbocycles. The Morgan fingerprint density at radius 2 is 2.05 bits per heavy atom. The summed E-state index contributed by atoms with van der Waals surface area (Å²) < 4.78 is 9.51. The van der Waals surface area contributed by atoms with E-state index in [2.05, 4.69) is 20.3 Å². The van der Waals surface area contributed by atoms with Crippen molar-refractivity contribution in [2.24, 2.45) is 0 Å². The minimum absolute atomic E-state index is 0.262. The maximum absolute atomic E-state index is 11.8. The van der Waals surface area contributed by atoms with Crippen LogP contribution in [0.2, 0.25) is 0 Å². The Balaban J connectivity index is 2.09. The van der Waals surface area contributed by atoms with Crippen molar-refractivity contribution in [3.05, 3.63) is 42.2 Å². The number of aromatic nitrogens is 1. The number of esters is 1. The van der Waals surface area contributed by atoms with E-state index in [0.717, 1.165) is 0 Å². The molecule has 0 aliphatic rings. The minimum atomic E-state index is -0.532. The van der Waals surface area contributed by atoms with Gasteiger partial charge < -0.3 is 14.6 Å². The number of hydrogen-bond donors (Lipinski definition) is 2. The lowest BCUT2D eigenvalue weighted by Gasteiger charge is -2.10. The van der Waals surface area contributed by atoms with Crippen LogP contribution in [0.5, 0.6) is 0 Å². The highest BCUT2D eigenvalue weighted by Gasteiger charge is 2.14. The maximum atomic E-state index is 11.8. The van der Waals surface area contributed by atoms with Crippen LogP contribution in [0, 0.1) is 0 Å². The van der Waals surface area contributed by atoms with Gasteiger partial charge in [0.1, 0.15) is 6.26 Å². The molecule has 0 unspecified atom stereocenters. The number of para-hydroxylation sites is 1. The van der Waals surface area contributed by atoms with Crippen molar-refractivity contribution in [3.8, 4) is 0 Å². The van der Waals surface area contributed by atoms with Crippen LogP contribution in [-0.2, 0) is 4.74 Å². The molecule has 0 spiro atoms. The maximum Gasteiger partial charge on any atom is 0.340 e. The summed E-state index contributed by atoms with van der Waals surface area (Å²) in [6, 6.07) is 7.53. The average Bonchev–Trinajstić information content (AvgIpc) is 2.92. The first-order chi connectivity index (χ1) is 9.70. The van der Waals surface area contributed by atoms with E-state index in [-0.39, 0.29) is 18.0 Å². The molecule has 2 aromatic rings. The molecule has 0 aliphatic heterocycles. The molecule has 1 aromatic carbocycles. The predicted octanol–water partition coefficient (Wildman–Crippen LogP) is 2.50. The van der Waals surface area contributed by atoms with Crippen molar-refractivity contribution in [2.75, 3.05) is 17.2 Å². The number of urea groups is 1. The van der Waals surface area contributed by atoms with Gasteiger partial charge >= 0.3 is 12.0 Å². The Morgan fingerprint density at radius 1 is 1.25 bits per heavy atom. The van der Waals surface area contributed by atoms with Gasteiger partial charge in [0.25, 0.3) is 0 Å². The van der Waals surface area contributed by atoms with Gasteiger partial charge in [-0.1, -0.05) is 17.3 Å². The molecule has 2 rings (SSSR count). The van der Waals surface area contributed by atoms with Gasteiger partial charge in [-0.2, -0.15) is 0 Å². The lowest BCUT2D eigenvalue weighted by molar-refractivity contribution is 0.0527. The zero-order chi connectivity index (χ0) is 14.4. The number of carbonyl (C=O) groups is 2. The fourth-order valence-corrected chi connectivity index (χ4v) is 1.53. The van der Waals surface area contributed by atoms with Crippen molar-refractivity contribution in [1.82, 2.24) is 5.16 Å². The summed E-state index contributed by atoms with van der Waals surface area (Å²) in [5.74, 6) is -0.221. The number of nitrogens with zero attached hydrogens (tertiary/aromatic N) is 1. The van der Waals surface area contributed by atoms with Crippen molar-refractivity contribution < 1.29 is 18.8 Å². The molecule has 0 saturated carbocycles. The van der Waals surface area contributed by atoms with E-state index in [1.165, 1.54) is 12.3 Å². The number of anilines is 2. The van der Waals surface area contributed by atoms with Crippen molar-refractivity contribution >= 4 is 23.5 Å². The summed E-state index contributed by atoms with van der Waals surface area (Å²) in [5.41, 5.74) is 0.636. The van der Waals surface area contributed by atoms with E-state index in [1.807, 2.05) is 0 Å². The van der Waals surface area contributed by atoms with Crippen LogP contribution in [-0.4, -0.2) is 23.8 Å². The molecule has 2 amide bonds. The Labute approximate surface area is 114 Å². The zero-order valence-corrected chi connectivity index (χ0v) is 10.8. The van der Waals surface area contributed by atoms with Gasteiger partial charge in [-0.3, -0.25) is 5.32 Å². The number of ether oxygens (including phenoxy) is 1. The highest BCUT2D eigenvalue weighted by Crippen LogP contribution is 2.16. The van der Waals surface area contributed by atoms with E-state index in [4.69, 9.17) is 4.74 Å². The number of carbonyl (C=O) groups excluding carboxylic acids is 2. The Kier molecular flexibility index (Phi) is 4.33. The number of nitrogens with one attached hydrogen (secondary N) is 2. The molecule has 0 radical (unpaired) electrons. The largest absolute Gasteiger partial charge is 0.462 e. The Morgan fingerprint density at radius 3 is 2.75 bits per heavy atom. The summed E-state index contributed by atoms with van der Waals surface area (Å²) in [6.45, 7) is 1.98. The SMILES string of the molecule is CCOC(=O)c1ccccc1NC(=O)Nc1ccon1. The lowest BCUT2D eigenvalue weighted by Crippen LogP contribution is -2.21. The van der Waals surface area contributed by atoms with E-state index >= 15 is 0 Å². The second-order valence-corrected chi connectivity index (χ2v) is 3.73. The normalized spacial score (nSPS) is 9.85. The molecule has 1 aromatic heterocycles. The van der Waals surface area contributed by atoms with Crippen molar-refractivity contribution in [3.63, 3.8) is 0 Å². The topological polar surface area (TPSA) is 93.5 Å². The average molecular weight is 275 g/mol. The third-order valence-electron chi connectivity index (χ3n) is 2.35. The first-order valence-electron chi connectivity index (χ1n) is 5.95. The van der Waals surface area contributed by atoms with Crippen LogP contribution in [0.4, 0.5) is 16.3 Å². The molecule has 7 heteroatoms. The van der Waals surface area contributed by atoms with Crippen LogP contribution in [0.1, 0.15) is 17.3 Å². The van der Waals surface area contributed by atoms with E-state index < -0.39 is 12.0 Å². The fourth-order valence-electron chi connectivity index (χ4n) is 1.53. The first kappa shape index (κ1) is 13.6. The van der Waals surface area contributed by atoms with Crippen LogP contribution >= 0.6 is 0 Å². The van der Waals surface area contributed by atoms with Crippen LogP contribution in [0.3, 0.4) is 0 Å². The summed E-state index contributed by atoms with van der Waals surface area (Å²) in [4.78, 5) is 23.5. The van der Waals surface area contributed by atoms with Crippen LogP contribution < -0.4 is 10.6 Å². The zero-order valence-electron chi connectivity index (χ0n) is 10.8. The van der Waals surface area contributed by atoms with E-state index in [9.17, 15) is 9.59 Å². The number of amides is 2. The molecule has 0 fully saturated rings. The number of hydrogen-bond acceptors (Lipinski definition) is 5. The highest BCUT2D eigenvalue weighted by atomic mass is 16.5. The van der Waals surface area contributed by atoms with Crippen molar-refractivity contribution in [2.45, 2.75) is 6.92 Å². The first-order valence-corrected chi connectivity index (χ1v) is 5.95. The second-order valence-electron chi connectivity index (χ2n) is 3.73. The van der Waals surface area contributed by atoms with Gasteiger partial charge in [0.05, 0.1) is 17.9 Å². The Hall–Kier alpha value is -2.83. The second kappa shape index (κ2) is 6.37. The molecule has 0 saturated heterocycles. The number of benzene rings is 1. The summed E-state index contributed by atoms with van der Waals surface area (Å²) in [7, 11) is 0. The van der Waals surface area contributed by atoms with Crippen LogP contribution in [0.25, 0.3) is 0 Å². The summed E-state index contributed by atoms with van der Waals surface area (Å²) in [5, 5.41) is 8.56. The van der Waals surface area contributed by atoms with Gasteiger partial charge in [-0.05, 0) is 19.1 Å². The number of rotatable bonds is 4. The molecule has 2 N–H and O–H groups in total. The minimum Gasteiger partial charge on any atom is -0.462 e. The molecular formula is C13H13N3O4. The molecule has 1 heterocycles. The van der Waals surface area contributed by atoms with E-state index in [0.29, 0.717) is 5.69 Å². The standard InChI is InChI=1S/C13H13N3O4/c1-2-19-12(17)9-5-3-4-6-10(9)14-13(18)15-11-7-8-20-16-11/h3-8H,2H2,1H3,(H2,14,15,16,18). The van der Waals surface area contributed by atoms with E-state index in [1.54, 1.807) is 31.2 Å². The monoisotopic (exact) mass is 275 g/mol. The fraction of sp³-hybridized carbons (Fsp3) is 0.154. The third-order valence-corrected chi connectivity index (χ3v) is 2.35. The third kappa shape index (κ3) is 3.35. The van der Waals surface area contributed by atoms with Gasteiger partial charge in [0.15, 0.2) is 5.82 Å². The molecule has 104 valence electrons. The molecule has 0 bridgehead atoms. The van der Waals surface area contributed by atoms with Crippen molar-refractivity contribution in [1.29, 1.82) is 0 Å².